The van der Waals surface area contributed by atoms with Gasteiger partial charge in [-0.3, -0.25) is 4.79 Å². The third kappa shape index (κ3) is 6.04. The van der Waals surface area contributed by atoms with E-state index in [4.69, 9.17) is 4.74 Å². The van der Waals surface area contributed by atoms with Crippen molar-refractivity contribution in [1.29, 1.82) is 0 Å². The van der Waals surface area contributed by atoms with Gasteiger partial charge in [0.25, 0.3) is 0 Å². The minimum Gasteiger partial charge on any atom is -0.461 e. The number of H-pyrrole nitrogens is 1. The molecule has 4 rings (SSSR count). The van der Waals surface area contributed by atoms with Gasteiger partial charge in [-0.15, -0.1) is 0 Å². The van der Waals surface area contributed by atoms with Crippen molar-refractivity contribution in [1.82, 2.24) is 9.97 Å². The molecule has 2 aromatic carbocycles. The molecule has 0 aliphatic carbocycles. The molecule has 12 heteroatoms. The minimum atomic E-state index is -4.53. The number of nitrogens with zero attached hydrogens (tertiary/aromatic N) is 1. The first kappa shape index (κ1) is 26.1. The molecule has 0 unspecified atom stereocenters. The van der Waals surface area contributed by atoms with Crippen LogP contribution in [0.25, 0.3) is 22.5 Å². The second-order valence-electron chi connectivity index (χ2n) is 8.72. The van der Waals surface area contributed by atoms with E-state index in [0.717, 1.165) is 36.0 Å². The number of rotatable bonds is 5. The third-order valence-electron chi connectivity index (χ3n) is 5.57. The first-order valence-corrected chi connectivity index (χ1v) is 11.7. The third-order valence-corrected chi connectivity index (χ3v) is 6.57. The smallest absolute Gasteiger partial charge is 0.416 e. The largest absolute Gasteiger partial charge is 0.461 e. The molecule has 2 atom stereocenters. The number of carbonyl (C=O) groups excluding carboxylic acids is 1. The molecule has 5 nitrogen and oxygen atoms in total. The number of esters is 1. The molecule has 0 saturated carbocycles. The Bertz CT molecular complexity index is 1160. The van der Waals surface area contributed by atoms with Gasteiger partial charge in [0.2, 0.25) is 0 Å². The van der Waals surface area contributed by atoms with Crippen molar-refractivity contribution < 1.29 is 41.0 Å². The number of nitrogens with one attached hydrogen (secondary N) is 1. The fourth-order valence-corrected chi connectivity index (χ4v) is 4.75. The zero-order valence-corrected chi connectivity index (χ0v) is 19.5. The highest BCUT2D eigenvalue weighted by atomic mass is 32.2. The van der Waals surface area contributed by atoms with Gasteiger partial charge in [-0.1, -0.05) is 36.0 Å². The van der Waals surface area contributed by atoms with Crippen LogP contribution in [0.1, 0.15) is 30.9 Å². The van der Waals surface area contributed by atoms with E-state index >= 15 is 0 Å². The average molecular weight is 530 g/mol. The molecule has 0 spiro atoms. The number of ether oxygens (including phenoxy) is 1. The van der Waals surface area contributed by atoms with Crippen LogP contribution in [-0.2, 0) is 21.9 Å². The average Bonchev–Trinajstić information content (AvgIpc) is 3.20. The number of thioether (sulfide) groups is 1. The van der Waals surface area contributed by atoms with Gasteiger partial charge in [-0.2, -0.15) is 26.3 Å². The lowest BCUT2D eigenvalue weighted by Crippen LogP contribution is -2.41. The summed E-state index contributed by atoms with van der Waals surface area (Å²) in [4.78, 5) is 19.2. The molecule has 1 aromatic heterocycles. The van der Waals surface area contributed by atoms with Gasteiger partial charge in [-0.05, 0) is 31.2 Å². The second kappa shape index (κ2) is 9.47. The Morgan fingerprint density at radius 1 is 1.00 bits per heavy atom. The molecule has 0 amide bonds. The minimum absolute atomic E-state index is 0.120. The van der Waals surface area contributed by atoms with Crippen LogP contribution >= 0.6 is 11.8 Å². The maximum atomic E-state index is 13.0. The molecular weight excluding hydrogens is 510 g/mol. The number of aromatic amines is 1. The predicted octanol–water partition coefficient (Wildman–Crippen LogP) is 6.33. The molecule has 2 N–H and O–H groups in total. The lowest BCUT2D eigenvalue weighted by Gasteiger charge is -2.32. The fraction of sp³-hybridized carbons (Fsp3) is 0.333. The first-order valence-electron chi connectivity index (χ1n) is 10.7. The van der Waals surface area contributed by atoms with Crippen LogP contribution in [0.5, 0.6) is 0 Å². The monoisotopic (exact) mass is 530 g/mol. The van der Waals surface area contributed by atoms with Crippen LogP contribution in [0.2, 0.25) is 0 Å². The molecule has 1 saturated heterocycles. The highest BCUT2D eigenvalue weighted by molar-refractivity contribution is 7.99. The number of hydrogen-bond donors (Lipinski definition) is 2. The molecule has 1 aliphatic heterocycles. The molecule has 1 fully saturated rings. The van der Waals surface area contributed by atoms with Gasteiger partial charge in [0.05, 0.1) is 34.5 Å². The number of benzene rings is 2. The van der Waals surface area contributed by atoms with Gasteiger partial charge in [0.1, 0.15) is 6.10 Å². The van der Waals surface area contributed by atoms with Crippen molar-refractivity contribution in [3.05, 3.63) is 59.7 Å². The van der Waals surface area contributed by atoms with Crippen molar-refractivity contribution in [2.45, 2.75) is 49.0 Å². The Kier molecular flexibility index (Phi) is 6.86. The summed E-state index contributed by atoms with van der Waals surface area (Å²) in [5.74, 6) is -0.305. The molecule has 0 radical (unpaired) electrons. The lowest BCUT2D eigenvalue weighted by molar-refractivity contribution is -0.166. The van der Waals surface area contributed by atoms with Crippen LogP contribution in [-0.4, -0.2) is 38.5 Å². The zero-order chi connectivity index (χ0) is 26.3. The Labute approximate surface area is 205 Å². The summed E-state index contributed by atoms with van der Waals surface area (Å²) in [7, 11) is 0. The topological polar surface area (TPSA) is 75.2 Å². The Hall–Kier alpha value is -2.99. The summed E-state index contributed by atoms with van der Waals surface area (Å²) < 4.78 is 83.2. The second-order valence-corrected chi connectivity index (χ2v) is 9.73. The van der Waals surface area contributed by atoms with Crippen LogP contribution in [0.3, 0.4) is 0 Å². The van der Waals surface area contributed by atoms with E-state index in [-0.39, 0.29) is 24.3 Å². The van der Waals surface area contributed by atoms with E-state index in [9.17, 15) is 36.2 Å². The van der Waals surface area contributed by atoms with Crippen molar-refractivity contribution in [2.75, 3.05) is 5.75 Å². The van der Waals surface area contributed by atoms with Crippen molar-refractivity contribution in [2.24, 2.45) is 0 Å². The van der Waals surface area contributed by atoms with E-state index in [1.807, 2.05) is 0 Å². The molecule has 192 valence electrons. The van der Waals surface area contributed by atoms with Crippen LogP contribution in [0, 0.1) is 0 Å². The van der Waals surface area contributed by atoms with Crippen LogP contribution in [0.15, 0.2) is 53.7 Å². The number of aliphatic hydroxyl groups is 1. The van der Waals surface area contributed by atoms with Crippen molar-refractivity contribution >= 4 is 17.7 Å². The summed E-state index contributed by atoms with van der Waals surface area (Å²) in [6.07, 6.45) is -9.56. The maximum absolute atomic E-state index is 13.0. The fourth-order valence-electron chi connectivity index (χ4n) is 3.89. The summed E-state index contributed by atoms with van der Waals surface area (Å²) in [5.41, 5.74) is -1.66. The number of alkyl halides is 6. The normalized spacial score (nSPS) is 20.9. The molecular formula is C24H20F6N2O3S. The highest BCUT2D eigenvalue weighted by Crippen LogP contribution is 2.37. The number of carbonyl (C=O) groups is 1. The summed E-state index contributed by atoms with van der Waals surface area (Å²) in [5, 5.41) is 10.5. The highest BCUT2D eigenvalue weighted by Gasteiger charge is 2.36. The quantitative estimate of drug-likeness (QED) is 0.229. The zero-order valence-electron chi connectivity index (χ0n) is 18.7. The lowest BCUT2D eigenvalue weighted by atomic mass is 9.93. The Balaban J connectivity index is 1.65. The predicted molar refractivity (Wildman–Crippen MR) is 120 cm³/mol. The number of imidazole rings is 1. The molecule has 1 aliphatic rings. The van der Waals surface area contributed by atoms with Gasteiger partial charge >= 0.3 is 18.3 Å². The number of halogens is 6. The summed E-state index contributed by atoms with van der Waals surface area (Å²) in [6.45, 7) is 1.53. The van der Waals surface area contributed by atoms with Crippen molar-refractivity contribution in [3.63, 3.8) is 0 Å². The van der Waals surface area contributed by atoms with E-state index in [1.54, 1.807) is 0 Å². The molecule has 0 bridgehead atoms. The van der Waals surface area contributed by atoms with Gasteiger partial charge in [0, 0.05) is 23.3 Å². The van der Waals surface area contributed by atoms with Crippen LogP contribution in [0.4, 0.5) is 26.3 Å². The van der Waals surface area contributed by atoms with E-state index in [1.165, 1.54) is 31.2 Å². The molecule has 2 heterocycles. The number of hydrogen-bond acceptors (Lipinski definition) is 5. The van der Waals surface area contributed by atoms with E-state index < -0.39 is 41.2 Å². The van der Waals surface area contributed by atoms with Gasteiger partial charge in [0.15, 0.2) is 5.16 Å². The van der Waals surface area contributed by atoms with E-state index in [2.05, 4.69) is 9.97 Å². The summed E-state index contributed by atoms with van der Waals surface area (Å²) in [6, 6.07) is 8.58. The standard InChI is InChI=1S/C24H20F6N2O3S/c1-22(34)10-17(35-18(33)11-22)12-36-21-31-19(13-2-6-15(7-3-13)23(25,26)27)20(32-21)14-4-8-16(9-5-14)24(28,29)30/h2-9,17,34H,10-12H2,1H3,(H,31,32)/t17-,22+/m0/s1. The van der Waals surface area contributed by atoms with E-state index in [0.29, 0.717) is 22.0 Å². The Morgan fingerprint density at radius 2 is 1.53 bits per heavy atom. The van der Waals surface area contributed by atoms with Gasteiger partial charge < -0.3 is 14.8 Å². The summed E-state index contributed by atoms with van der Waals surface area (Å²) >= 11 is 1.15. The SMILES string of the molecule is C[C@]1(O)CC(=O)O[C@H](CSc2nc(-c3ccc(C(F)(F)F)cc3)c(-c3ccc(C(F)(F)F)cc3)[nH]2)C1. The van der Waals surface area contributed by atoms with Crippen LogP contribution < -0.4 is 0 Å². The first-order chi connectivity index (χ1) is 16.7. The molecule has 3 aromatic rings. The Morgan fingerprint density at radius 3 is 2.03 bits per heavy atom. The van der Waals surface area contributed by atoms with Gasteiger partial charge in [-0.25, -0.2) is 4.98 Å². The molecule has 36 heavy (non-hydrogen) atoms. The number of cyclic esters (lactones) is 1. The number of aromatic nitrogens is 2. The van der Waals surface area contributed by atoms with Crippen molar-refractivity contribution in [3.8, 4) is 22.5 Å². The maximum Gasteiger partial charge on any atom is 0.416 e.